The Kier molecular flexibility index (Phi) is 7.89. The van der Waals surface area contributed by atoms with Crippen LogP contribution in [0.5, 0.6) is 0 Å². The zero-order chi connectivity index (χ0) is 19.8. The maximum atomic E-state index is 12.4. The van der Waals surface area contributed by atoms with E-state index in [9.17, 15) is 4.79 Å². The highest BCUT2D eigenvalue weighted by Crippen LogP contribution is 2.24. The van der Waals surface area contributed by atoms with E-state index < -0.39 is 0 Å². The van der Waals surface area contributed by atoms with Gasteiger partial charge in [0.2, 0.25) is 5.13 Å². The van der Waals surface area contributed by atoms with Crippen molar-refractivity contribution in [3.8, 4) is 0 Å². The minimum atomic E-state index is -0.159. The lowest BCUT2D eigenvalue weighted by molar-refractivity contribution is 0.102. The van der Waals surface area contributed by atoms with Crippen LogP contribution in [0.3, 0.4) is 0 Å². The number of rotatable bonds is 9. The zero-order valence-electron chi connectivity index (χ0n) is 15.7. The van der Waals surface area contributed by atoms with Crippen molar-refractivity contribution in [3.63, 3.8) is 0 Å². The quantitative estimate of drug-likeness (QED) is 0.311. The molecule has 1 N–H and O–H groups in total. The molecule has 1 aromatic heterocycles. The van der Waals surface area contributed by atoms with Gasteiger partial charge >= 0.3 is 0 Å². The SMILES string of the molecule is CCCCCc1nnc(NC(=O)c2ccc(CSc3ccc(Cl)cc3)cc2)s1. The van der Waals surface area contributed by atoms with Crippen LogP contribution in [0.4, 0.5) is 5.13 Å². The third-order valence-electron chi connectivity index (χ3n) is 4.12. The lowest BCUT2D eigenvalue weighted by Crippen LogP contribution is -2.11. The van der Waals surface area contributed by atoms with Crippen LogP contribution < -0.4 is 5.32 Å². The van der Waals surface area contributed by atoms with E-state index in [1.54, 1.807) is 11.8 Å². The summed E-state index contributed by atoms with van der Waals surface area (Å²) < 4.78 is 0. The van der Waals surface area contributed by atoms with Crippen molar-refractivity contribution in [2.24, 2.45) is 0 Å². The Morgan fingerprint density at radius 1 is 1.07 bits per heavy atom. The molecule has 3 rings (SSSR count). The van der Waals surface area contributed by atoms with Gasteiger partial charge in [0.05, 0.1) is 0 Å². The van der Waals surface area contributed by atoms with Crippen molar-refractivity contribution < 1.29 is 4.79 Å². The highest BCUT2D eigenvalue weighted by molar-refractivity contribution is 7.98. The number of nitrogens with one attached hydrogen (secondary N) is 1. The highest BCUT2D eigenvalue weighted by Gasteiger charge is 2.10. The molecule has 3 aromatic rings. The number of unbranched alkanes of at least 4 members (excludes halogenated alkanes) is 2. The number of carbonyl (C=O) groups is 1. The fourth-order valence-corrected chi connectivity index (χ4v) is 4.31. The largest absolute Gasteiger partial charge is 0.296 e. The van der Waals surface area contributed by atoms with Gasteiger partial charge in [-0.1, -0.05) is 54.8 Å². The van der Waals surface area contributed by atoms with Crippen molar-refractivity contribution in [1.29, 1.82) is 0 Å². The molecule has 7 heteroatoms. The van der Waals surface area contributed by atoms with Gasteiger partial charge in [0.15, 0.2) is 0 Å². The summed E-state index contributed by atoms with van der Waals surface area (Å²) in [6, 6.07) is 15.4. The Morgan fingerprint density at radius 2 is 1.82 bits per heavy atom. The molecule has 0 aliphatic carbocycles. The van der Waals surface area contributed by atoms with E-state index in [0.717, 1.165) is 39.1 Å². The lowest BCUT2D eigenvalue weighted by Gasteiger charge is -2.05. The average Bonchev–Trinajstić information content (AvgIpc) is 3.15. The Labute approximate surface area is 178 Å². The molecule has 0 atom stereocenters. The Hall–Kier alpha value is -1.89. The van der Waals surface area contributed by atoms with Crippen LogP contribution >= 0.6 is 34.7 Å². The smallest absolute Gasteiger partial charge is 0.257 e. The molecule has 1 amide bonds. The molecule has 0 saturated carbocycles. The van der Waals surface area contributed by atoms with Crippen molar-refractivity contribution >= 4 is 45.7 Å². The van der Waals surface area contributed by atoms with E-state index >= 15 is 0 Å². The first-order chi connectivity index (χ1) is 13.6. The summed E-state index contributed by atoms with van der Waals surface area (Å²) in [5.74, 6) is 0.675. The normalized spacial score (nSPS) is 10.8. The van der Waals surface area contributed by atoms with Crippen LogP contribution in [-0.4, -0.2) is 16.1 Å². The number of amides is 1. The Morgan fingerprint density at radius 3 is 2.54 bits per heavy atom. The summed E-state index contributed by atoms with van der Waals surface area (Å²) >= 11 is 9.09. The van der Waals surface area contributed by atoms with Crippen LogP contribution in [0.25, 0.3) is 0 Å². The van der Waals surface area contributed by atoms with Gasteiger partial charge in [0.25, 0.3) is 5.91 Å². The average molecular weight is 432 g/mol. The summed E-state index contributed by atoms with van der Waals surface area (Å²) in [7, 11) is 0. The molecular weight excluding hydrogens is 410 g/mol. The predicted molar refractivity (Wildman–Crippen MR) is 119 cm³/mol. The molecule has 0 unspecified atom stereocenters. The van der Waals surface area contributed by atoms with Crippen molar-refractivity contribution in [2.45, 2.75) is 43.3 Å². The van der Waals surface area contributed by atoms with Crippen molar-refractivity contribution in [2.75, 3.05) is 5.32 Å². The van der Waals surface area contributed by atoms with Gasteiger partial charge < -0.3 is 0 Å². The second-order valence-electron chi connectivity index (χ2n) is 6.35. The highest BCUT2D eigenvalue weighted by atomic mass is 35.5. The van der Waals surface area contributed by atoms with E-state index in [1.807, 2.05) is 48.5 Å². The summed E-state index contributed by atoms with van der Waals surface area (Å²) in [5, 5.41) is 13.3. The molecule has 0 saturated heterocycles. The van der Waals surface area contributed by atoms with Gasteiger partial charge in [-0.25, -0.2) is 0 Å². The summed E-state index contributed by atoms with van der Waals surface area (Å²) in [4.78, 5) is 13.6. The standard InChI is InChI=1S/C21H22ClN3OS2/c1-2-3-4-5-19-24-25-21(28-19)23-20(26)16-8-6-15(7-9-16)14-27-18-12-10-17(22)11-13-18/h6-13H,2-5,14H2,1H3,(H,23,25,26). The molecule has 0 aliphatic rings. The molecule has 0 radical (unpaired) electrons. The fraction of sp³-hybridized carbons (Fsp3) is 0.286. The van der Waals surface area contributed by atoms with E-state index in [1.165, 1.54) is 24.2 Å². The van der Waals surface area contributed by atoms with E-state index in [-0.39, 0.29) is 5.91 Å². The predicted octanol–water partition coefficient (Wildman–Crippen LogP) is 6.47. The third kappa shape index (κ3) is 6.33. The van der Waals surface area contributed by atoms with Gasteiger partial charge in [0, 0.05) is 27.7 Å². The summed E-state index contributed by atoms with van der Waals surface area (Å²) in [5.41, 5.74) is 1.77. The molecule has 28 heavy (non-hydrogen) atoms. The monoisotopic (exact) mass is 431 g/mol. The maximum Gasteiger partial charge on any atom is 0.257 e. The molecule has 0 fully saturated rings. The van der Waals surface area contributed by atoms with Gasteiger partial charge in [0.1, 0.15) is 5.01 Å². The van der Waals surface area contributed by atoms with Gasteiger partial charge in [-0.2, -0.15) is 0 Å². The van der Waals surface area contributed by atoms with E-state index in [4.69, 9.17) is 11.6 Å². The number of thioether (sulfide) groups is 1. The molecule has 4 nitrogen and oxygen atoms in total. The van der Waals surface area contributed by atoms with Crippen molar-refractivity contribution in [3.05, 3.63) is 69.7 Å². The lowest BCUT2D eigenvalue weighted by atomic mass is 10.1. The molecule has 0 spiro atoms. The van der Waals surface area contributed by atoms with Crippen molar-refractivity contribution in [1.82, 2.24) is 10.2 Å². The second kappa shape index (κ2) is 10.6. The van der Waals surface area contributed by atoms with Gasteiger partial charge in [-0.05, 0) is 48.4 Å². The first kappa shape index (κ1) is 20.8. The van der Waals surface area contributed by atoms with Crippen LogP contribution in [0.15, 0.2) is 53.4 Å². The molecular formula is C21H22ClN3OS2. The van der Waals surface area contributed by atoms with E-state index in [0.29, 0.717) is 10.7 Å². The first-order valence-corrected chi connectivity index (χ1v) is 11.4. The molecule has 2 aromatic carbocycles. The number of hydrogen-bond acceptors (Lipinski definition) is 5. The number of carbonyl (C=O) groups excluding carboxylic acids is 1. The minimum Gasteiger partial charge on any atom is -0.296 e. The van der Waals surface area contributed by atoms with E-state index in [2.05, 4.69) is 22.4 Å². The Balaban J connectivity index is 1.51. The molecule has 146 valence electrons. The topological polar surface area (TPSA) is 54.9 Å². The summed E-state index contributed by atoms with van der Waals surface area (Å²) in [6.07, 6.45) is 4.39. The number of nitrogens with zero attached hydrogens (tertiary/aromatic N) is 2. The third-order valence-corrected chi connectivity index (χ3v) is 6.35. The van der Waals surface area contributed by atoms with Gasteiger partial charge in [-0.15, -0.1) is 22.0 Å². The van der Waals surface area contributed by atoms with Gasteiger partial charge in [-0.3, -0.25) is 10.1 Å². The fourth-order valence-electron chi connectivity index (χ4n) is 2.55. The van der Waals surface area contributed by atoms with Crippen LogP contribution in [-0.2, 0) is 12.2 Å². The van der Waals surface area contributed by atoms with Crippen LogP contribution in [0.2, 0.25) is 5.02 Å². The van der Waals surface area contributed by atoms with Crippen LogP contribution in [0.1, 0.15) is 47.1 Å². The Bertz CT molecular complexity index is 895. The minimum absolute atomic E-state index is 0.159. The number of benzene rings is 2. The zero-order valence-corrected chi connectivity index (χ0v) is 18.0. The number of hydrogen-bond donors (Lipinski definition) is 1. The molecule has 0 bridgehead atoms. The van der Waals surface area contributed by atoms with Crippen LogP contribution in [0, 0.1) is 0 Å². The molecule has 0 aliphatic heterocycles. The number of halogens is 1. The first-order valence-electron chi connectivity index (χ1n) is 9.25. The maximum absolute atomic E-state index is 12.4. The number of aromatic nitrogens is 2. The summed E-state index contributed by atoms with van der Waals surface area (Å²) in [6.45, 7) is 2.17. The number of anilines is 1. The number of aryl methyl sites for hydroxylation is 1. The second-order valence-corrected chi connectivity index (χ2v) is 8.90. The molecule has 1 heterocycles.